The Kier molecular flexibility index (Phi) is 17.9. The molecule has 1 atom stereocenters. The molecule has 0 spiro atoms. The maximum absolute atomic E-state index is 13.2. The molecule has 4 amide bonds. The van der Waals surface area contributed by atoms with Gasteiger partial charge in [-0.1, -0.05) is 91.0 Å². The molecule has 0 bridgehead atoms. The van der Waals surface area contributed by atoms with E-state index < -0.39 is 36.2 Å². The average molecular weight is 690 g/mol. The van der Waals surface area contributed by atoms with Gasteiger partial charge in [0.1, 0.15) is 25.9 Å². The van der Waals surface area contributed by atoms with E-state index in [0.717, 1.165) is 34.6 Å². The number of hydrogen-bond acceptors (Lipinski definition) is 9. The zero-order valence-corrected chi connectivity index (χ0v) is 28.1. The van der Waals surface area contributed by atoms with Crippen molar-refractivity contribution < 1.29 is 33.4 Å². The molecule has 7 N–H and O–H groups in total. The second-order valence-electron chi connectivity index (χ2n) is 11.1. The minimum absolute atomic E-state index is 0.0177. The number of amides is 4. The molecule has 50 heavy (non-hydrogen) atoms. The number of carbonyl (C=O) groups excluding carboxylic acids is 4. The smallest absolute Gasteiger partial charge is 0.437 e. The summed E-state index contributed by atoms with van der Waals surface area (Å²) < 4.78 is 16.0. The van der Waals surface area contributed by atoms with Crippen molar-refractivity contribution in [3.8, 4) is 0 Å². The molecule has 14 nitrogen and oxygen atoms in total. The molecule has 0 aliphatic carbocycles. The van der Waals surface area contributed by atoms with Gasteiger partial charge in [-0.2, -0.15) is 0 Å². The monoisotopic (exact) mass is 689 g/mol. The number of guanidine groups is 1. The number of ether oxygens (including phenoxy) is 3. The van der Waals surface area contributed by atoms with Crippen molar-refractivity contribution >= 4 is 30.1 Å². The zero-order chi connectivity index (χ0) is 35.8. The number of aliphatic imine (C=N–C) groups is 1. The van der Waals surface area contributed by atoms with Crippen LogP contribution >= 0.6 is 0 Å². The molecule has 0 radical (unpaired) electrons. The fourth-order valence-corrected chi connectivity index (χ4v) is 4.53. The first-order valence-corrected chi connectivity index (χ1v) is 16.5. The number of carbonyl (C=O) groups is 4. The highest BCUT2D eigenvalue weighted by atomic mass is 16.6. The van der Waals surface area contributed by atoms with Gasteiger partial charge in [0.15, 0.2) is 0 Å². The highest BCUT2D eigenvalue weighted by molar-refractivity contribution is 5.98. The second kappa shape index (κ2) is 23.0. The normalized spacial score (nSPS) is 11.6. The van der Waals surface area contributed by atoms with E-state index in [1.165, 1.54) is 0 Å². The highest BCUT2D eigenvalue weighted by Gasteiger charge is 2.25. The van der Waals surface area contributed by atoms with Gasteiger partial charge in [-0.15, -0.1) is 4.99 Å². The van der Waals surface area contributed by atoms with E-state index >= 15 is 0 Å². The summed E-state index contributed by atoms with van der Waals surface area (Å²) in [5.74, 6) is -0.868. The molecule has 0 heterocycles. The molecule has 3 rings (SSSR count). The Bertz CT molecular complexity index is 1480. The number of rotatable bonds is 19. The van der Waals surface area contributed by atoms with Crippen molar-refractivity contribution in [3.05, 3.63) is 108 Å². The molecule has 0 saturated heterocycles. The fraction of sp³-hybridized carbons (Fsp3) is 0.361. The van der Waals surface area contributed by atoms with Gasteiger partial charge in [0.05, 0.1) is 0 Å². The van der Waals surface area contributed by atoms with E-state index in [4.69, 9.17) is 25.7 Å². The van der Waals surface area contributed by atoms with Gasteiger partial charge in [0.25, 0.3) is 0 Å². The summed E-state index contributed by atoms with van der Waals surface area (Å²) >= 11 is 0. The van der Waals surface area contributed by atoms with Crippen LogP contribution in [0.1, 0.15) is 42.4 Å². The summed E-state index contributed by atoms with van der Waals surface area (Å²) in [6.07, 6.45) is -0.865. The number of nitrogens with one attached hydrogen (secondary N) is 3. The number of alkyl carbamates (subject to hydrolysis) is 1. The van der Waals surface area contributed by atoms with E-state index in [0.29, 0.717) is 26.1 Å². The molecule has 14 heteroatoms. The molecule has 3 aromatic carbocycles. The van der Waals surface area contributed by atoms with Crippen LogP contribution in [0.4, 0.5) is 14.4 Å². The standard InChI is InChI=1S/C36H47N7O7/c37-20-11-21-39-22-12-23-40-32(44)31(41-34(45)48-25-28-13-4-1-5-14-28)19-10-24-43(36(47)50-27-30-17-8-3-9-18-30)33(38)42-35(46)49-26-29-15-6-2-7-16-29/h1-9,13-18,31,39H,10-12,19-27,37H2,(H,40,44)(H,41,45)(H2,38,42,46)/t31-/m0/s1. The molecule has 268 valence electrons. The number of nitrogens with two attached hydrogens (primary N) is 2. The molecule has 0 saturated carbocycles. The third-order valence-electron chi connectivity index (χ3n) is 7.20. The van der Waals surface area contributed by atoms with Gasteiger partial charge in [-0.05, 0) is 62.0 Å². The van der Waals surface area contributed by atoms with Crippen LogP contribution in [0.25, 0.3) is 0 Å². The summed E-state index contributed by atoms with van der Waals surface area (Å²) in [4.78, 5) is 56.4. The van der Waals surface area contributed by atoms with Gasteiger partial charge in [0, 0.05) is 13.1 Å². The largest absolute Gasteiger partial charge is 0.445 e. The summed E-state index contributed by atoms with van der Waals surface area (Å²) in [5, 5.41) is 8.71. The van der Waals surface area contributed by atoms with E-state index in [2.05, 4.69) is 20.9 Å². The van der Waals surface area contributed by atoms with Gasteiger partial charge in [-0.3, -0.25) is 4.79 Å². The number of hydrogen-bond donors (Lipinski definition) is 5. The zero-order valence-electron chi connectivity index (χ0n) is 28.1. The van der Waals surface area contributed by atoms with Crippen LogP contribution in [-0.2, 0) is 38.8 Å². The maximum Gasteiger partial charge on any atom is 0.437 e. The van der Waals surface area contributed by atoms with Gasteiger partial charge in [-0.25, -0.2) is 19.3 Å². The molecule has 0 aliphatic rings. The lowest BCUT2D eigenvalue weighted by Crippen LogP contribution is -2.48. The Hall–Kier alpha value is -5.47. The van der Waals surface area contributed by atoms with Crippen LogP contribution in [0.5, 0.6) is 0 Å². The average Bonchev–Trinajstić information content (AvgIpc) is 3.14. The lowest BCUT2D eigenvalue weighted by Gasteiger charge is -2.23. The Morgan fingerprint density at radius 1 is 0.700 bits per heavy atom. The minimum Gasteiger partial charge on any atom is -0.445 e. The fourth-order valence-electron chi connectivity index (χ4n) is 4.53. The predicted molar refractivity (Wildman–Crippen MR) is 189 cm³/mol. The van der Waals surface area contributed by atoms with Crippen molar-refractivity contribution in [2.45, 2.75) is 51.5 Å². The van der Waals surface area contributed by atoms with E-state index in [1.54, 1.807) is 48.5 Å². The Morgan fingerprint density at radius 2 is 1.24 bits per heavy atom. The molecular weight excluding hydrogens is 642 g/mol. The maximum atomic E-state index is 13.2. The van der Waals surface area contributed by atoms with Crippen molar-refractivity contribution in [1.29, 1.82) is 0 Å². The van der Waals surface area contributed by atoms with Crippen LogP contribution in [-0.4, -0.2) is 73.8 Å². The van der Waals surface area contributed by atoms with Crippen LogP contribution < -0.4 is 27.4 Å². The first-order valence-electron chi connectivity index (χ1n) is 16.5. The lowest BCUT2D eigenvalue weighted by atomic mass is 10.1. The molecule has 0 fully saturated rings. The van der Waals surface area contributed by atoms with Crippen LogP contribution in [0.15, 0.2) is 96.0 Å². The molecule has 3 aromatic rings. The first kappa shape index (κ1) is 39.0. The summed E-state index contributed by atoms with van der Waals surface area (Å²) in [6, 6.07) is 26.2. The van der Waals surface area contributed by atoms with Crippen molar-refractivity contribution in [2.75, 3.05) is 32.7 Å². The van der Waals surface area contributed by atoms with Crippen LogP contribution in [0.3, 0.4) is 0 Å². The van der Waals surface area contributed by atoms with Gasteiger partial charge < -0.3 is 41.6 Å². The molecule has 0 aliphatic heterocycles. The van der Waals surface area contributed by atoms with Crippen LogP contribution in [0.2, 0.25) is 0 Å². The molecular formula is C36H47N7O7. The third kappa shape index (κ3) is 15.6. The topological polar surface area (TPSA) is 200 Å². The summed E-state index contributed by atoms with van der Waals surface area (Å²) in [5.41, 5.74) is 13.9. The lowest BCUT2D eigenvalue weighted by molar-refractivity contribution is -0.123. The Morgan fingerprint density at radius 3 is 1.82 bits per heavy atom. The number of benzene rings is 3. The first-order chi connectivity index (χ1) is 24.4. The van der Waals surface area contributed by atoms with Crippen molar-refractivity contribution in [2.24, 2.45) is 16.5 Å². The highest BCUT2D eigenvalue weighted by Crippen LogP contribution is 2.09. The predicted octanol–water partition coefficient (Wildman–Crippen LogP) is 3.80. The number of nitrogens with zero attached hydrogens (tertiary/aromatic N) is 2. The van der Waals surface area contributed by atoms with Gasteiger partial charge in [0.2, 0.25) is 11.9 Å². The Labute approximate surface area is 292 Å². The third-order valence-corrected chi connectivity index (χ3v) is 7.20. The second-order valence-corrected chi connectivity index (χ2v) is 11.1. The van der Waals surface area contributed by atoms with Crippen molar-refractivity contribution in [1.82, 2.24) is 20.9 Å². The summed E-state index contributed by atoms with van der Waals surface area (Å²) in [7, 11) is 0. The van der Waals surface area contributed by atoms with E-state index in [-0.39, 0.29) is 39.2 Å². The SMILES string of the molecule is NCCCNCCCNC(=O)[C@H](CCCN(C(=O)OCc1ccccc1)/C(N)=N/C(=O)OCc1ccccc1)NC(=O)OCc1ccccc1. The van der Waals surface area contributed by atoms with E-state index in [1.807, 2.05) is 42.5 Å². The van der Waals surface area contributed by atoms with E-state index in [9.17, 15) is 19.2 Å². The quantitative estimate of drug-likeness (QED) is 0.0534. The van der Waals surface area contributed by atoms with Gasteiger partial charge >= 0.3 is 18.3 Å². The Balaban J connectivity index is 1.65. The molecule has 0 aromatic heterocycles. The minimum atomic E-state index is -1.00. The van der Waals surface area contributed by atoms with Crippen molar-refractivity contribution in [3.63, 3.8) is 0 Å². The summed E-state index contributed by atoms with van der Waals surface area (Å²) in [6.45, 7) is 2.26. The molecule has 0 unspecified atom stereocenters. The van der Waals surface area contributed by atoms with Crippen LogP contribution in [0, 0.1) is 0 Å².